The number of aliphatic hydroxyl groups is 1. The Labute approximate surface area is 109 Å². The summed E-state index contributed by atoms with van der Waals surface area (Å²) in [5.74, 6) is -0.414. The normalized spacial score (nSPS) is 12.5. The van der Waals surface area contributed by atoms with E-state index in [0.29, 0.717) is 13.0 Å². The second-order valence-corrected chi connectivity index (χ2v) is 4.99. The Bertz CT molecular complexity index is 434. The minimum atomic E-state index is -4.56. The zero-order valence-corrected chi connectivity index (χ0v) is 10.8. The second-order valence-electron chi connectivity index (χ2n) is 4.99. The third-order valence-electron chi connectivity index (χ3n) is 2.57. The number of nitrogens with zero attached hydrogens (tertiary/aromatic N) is 2. The van der Waals surface area contributed by atoms with Crippen molar-refractivity contribution >= 4 is 11.8 Å². The number of nitrogen functional groups attached to an aromatic ring is 1. The molecule has 1 heterocycles. The molecule has 0 aromatic carbocycles. The molecule has 8 heteroatoms. The van der Waals surface area contributed by atoms with Crippen molar-refractivity contribution < 1.29 is 18.3 Å². The highest BCUT2D eigenvalue weighted by molar-refractivity contribution is 5.41. The van der Waals surface area contributed by atoms with Gasteiger partial charge in [-0.2, -0.15) is 18.2 Å². The first kappa shape index (κ1) is 15.5. The van der Waals surface area contributed by atoms with Crippen LogP contribution in [0.4, 0.5) is 24.9 Å². The van der Waals surface area contributed by atoms with Gasteiger partial charge in [-0.25, -0.2) is 4.98 Å². The van der Waals surface area contributed by atoms with Crippen LogP contribution in [0.15, 0.2) is 6.07 Å². The van der Waals surface area contributed by atoms with Gasteiger partial charge >= 0.3 is 6.18 Å². The van der Waals surface area contributed by atoms with Crippen LogP contribution in [0.2, 0.25) is 0 Å². The van der Waals surface area contributed by atoms with Crippen molar-refractivity contribution in [3.63, 3.8) is 0 Å². The molecule has 19 heavy (non-hydrogen) atoms. The first-order valence-corrected chi connectivity index (χ1v) is 5.70. The van der Waals surface area contributed by atoms with Crippen LogP contribution in [0.5, 0.6) is 0 Å². The van der Waals surface area contributed by atoms with Crippen LogP contribution in [-0.4, -0.2) is 28.2 Å². The van der Waals surface area contributed by atoms with Crippen molar-refractivity contribution in [2.45, 2.75) is 26.4 Å². The van der Waals surface area contributed by atoms with E-state index in [1.165, 1.54) is 0 Å². The van der Waals surface area contributed by atoms with E-state index in [0.717, 1.165) is 6.07 Å². The van der Waals surface area contributed by atoms with Gasteiger partial charge in [-0.1, -0.05) is 13.8 Å². The van der Waals surface area contributed by atoms with Crippen molar-refractivity contribution in [2.24, 2.45) is 5.41 Å². The maximum Gasteiger partial charge on any atom is 0.433 e. The molecular weight excluding hydrogens is 261 g/mol. The molecule has 1 aromatic heterocycles. The Morgan fingerprint density at radius 2 is 1.95 bits per heavy atom. The Morgan fingerprint density at radius 3 is 2.47 bits per heavy atom. The topological polar surface area (TPSA) is 84.1 Å². The van der Waals surface area contributed by atoms with Crippen molar-refractivity contribution in [1.82, 2.24) is 9.97 Å². The van der Waals surface area contributed by atoms with Crippen LogP contribution in [0.25, 0.3) is 0 Å². The Hall–Kier alpha value is -1.57. The van der Waals surface area contributed by atoms with Crippen molar-refractivity contribution in [3.8, 4) is 0 Å². The molecule has 0 amide bonds. The van der Waals surface area contributed by atoms with Gasteiger partial charge in [0.2, 0.25) is 5.95 Å². The summed E-state index contributed by atoms with van der Waals surface area (Å²) in [5, 5.41) is 11.7. The molecule has 0 radical (unpaired) electrons. The minimum absolute atomic E-state index is 0.00833. The van der Waals surface area contributed by atoms with E-state index < -0.39 is 17.8 Å². The third kappa shape index (κ3) is 4.90. The predicted octanol–water partition coefficient (Wildman–Crippen LogP) is 1.90. The van der Waals surface area contributed by atoms with Gasteiger partial charge in [0.05, 0.1) is 0 Å². The van der Waals surface area contributed by atoms with Crippen molar-refractivity contribution in [3.05, 3.63) is 11.8 Å². The van der Waals surface area contributed by atoms with Crippen molar-refractivity contribution in [2.75, 3.05) is 24.2 Å². The second kappa shape index (κ2) is 5.60. The molecule has 108 valence electrons. The van der Waals surface area contributed by atoms with E-state index in [-0.39, 0.29) is 17.8 Å². The van der Waals surface area contributed by atoms with E-state index in [2.05, 4.69) is 15.3 Å². The maximum absolute atomic E-state index is 12.5. The number of anilines is 2. The quantitative estimate of drug-likeness (QED) is 0.766. The number of hydrogen-bond acceptors (Lipinski definition) is 5. The van der Waals surface area contributed by atoms with Crippen molar-refractivity contribution in [1.29, 1.82) is 0 Å². The van der Waals surface area contributed by atoms with E-state index in [9.17, 15) is 13.2 Å². The molecule has 0 aliphatic heterocycles. The van der Waals surface area contributed by atoms with Crippen LogP contribution in [-0.2, 0) is 6.18 Å². The van der Waals surface area contributed by atoms with Gasteiger partial charge in [-0.3, -0.25) is 0 Å². The molecule has 1 rings (SSSR count). The van der Waals surface area contributed by atoms with E-state index in [1.807, 2.05) is 13.8 Å². The van der Waals surface area contributed by atoms with E-state index >= 15 is 0 Å². The molecular formula is C11H17F3N4O. The van der Waals surface area contributed by atoms with Gasteiger partial charge in [0, 0.05) is 19.2 Å². The SMILES string of the molecule is CC(C)(CCO)CNc1cc(C(F)(F)F)nc(N)n1. The number of aliphatic hydroxyl groups excluding tert-OH is 1. The molecule has 0 spiro atoms. The fourth-order valence-corrected chi connectivity index (χ4v) is 1.42. The molecule has 0 bridgehead atoms. The first-order valence-electron chi connectivity index (χ1n) is 5.70. The lowest BCUT2D eigenvalue weighted by Crippen LogP contribution is -2.25. The molecule has 0 fully saturated rings. The van der Waals surface area contributed by atoms with Gasteiger partial charge in [0.25, 0.3) is 0 Å². The predicted molar refractivity (Wildman–Crippen MR) is 65.4 cm³/mol. The zero-order chi connectivity index (χ0) is 14.7. The summed E-state index contributed by atoms with van der Waals surface area (Å²) in [7, 11) is 0. The number of nitrogens with two attached hydrogens (primary N) is 1. The fourth-order valence-electron chi connectivity index (χ4n) is 1.42. The van der Waals surface area contributed by atoms with Gasteiger partial charge in [0.1, 0.15) is 5.82 Å². The summed E-state index contributed by atoms with van der Waals surface area (Å²) < 4.78 is 37.6. The highest BCUT2D eigenvalue weighted by atomic mass is 19.4. The molecule has 0 saturated carbocycles. The smallest absolute Gasteiger partial charge is 0.396 e. The Balaban J connectivity index is 2.82. The molecule has 0 aliphatic carbocycles. The van der Waals surface area contributed by atoms with Crippen LogP contribution in [0.1, 0.15) is 26.0 Å². The largest absolute Gasteiger partial charge is 0.433 e. The lowest BCUT2D eigenvalue weighted by Gasteiger charge is -2.24. The molecule has 0 aliphatic rings. The number of rotatable bonds is 5. The monoisotopic (exact) mass is 278 g/mol. The van der Waals surface area contributed by atoms with Gasteiger partial charge in [-0.15, -0.1) is 0 Å². The number of aromatic nitrogens is 2. The summed E-state index contributed by atoms with van der Waals surface area (Å²) in [4.78, 5) is 6.85. The summed E-state index contributed by atoms with van der Waals surface area (Å²) in [6, 6.07) is 0.811. The molecule has 5 nitrogen and oxygen atoms in total. The summed E-state index contributed by atoms with van der Waals surface area (Å²) in [6.07, 6.45) is -4.04. The lowest BCUT2D eigenvalue weighted by atomic mass is 9.90. The fraction of sp³-hybridized carbons (Fsp3) is 0.636. The van der Waals surface area contributed by atoms with Crippen LogP contribution in [0.3, 0.4) is 0 Å². The average molecular weight is 278 g/mol. The number of nitrogens with one attached hydrogen (secondary N) is 1. The van der Waals surface area contributed by atoms with E-state index in [4.69, 9.17) is 10.8 Å². The van der Waals surface area contributed by atoms with Crippen LogP contribution < -0.4 is 11.1 Å². The number of halogens is 3. The molecule has 0 atom stereocenters. The molecule has 0 unspecified atom stereocenters. The molecule has 4 N–H and O–H groups in total. The number of hydrogen-bond donors (Lipinski definition) is 3. The van der Waals surface area contributed by atoms with Crippen LogP contribution >= 0.6 is 0 Å². The average Bonchev–Trinajstić information content (AvgIpc) is 2.24. The highest BCUT2D eigenvalue weighted by Gasteiger charge is 2.33. The first-order chi connectivity index (χ1) is 8.64. The highest BCUT2D eigenvalue weighted by Crippen LogP contribution is 2.29. The standard InChI is InChI=1S/C11H17F3N4O/c1-10(2,3-4-19)6-16-8-5-7(11(12,13)14)17-9(15)18-8/h5,19H,3-4,6H2,1-2H3,(H3,15,16,17,18). The van der Waals surface area contributed by atoms with E-state index in [1.54, 1.807) is 0 Å². The van der Waals surface area contributed by atoms with Gasteiger partial charge < -0.3 is 16.2 Å². The van der Waals surface area contributed by atoms with Gasteiger partial charge in [-0.05, 0) is 11.8 Å². The van der Waals surface area contributed by atoms with Crippen LogP contribution in [0, 0.1) is 5.41 Å². The molecule has 1 aromatic rings. The lowest BCUT2D eigenvalue weighted by molar-refractivity contribution is -0.141. The summed E-state index contributed by atoms with van der Waals surface area (Å²) in [5.41, 5.74) is 3.90. The molecule has 0 saturated heterocycles. The maximum atomic E-state index is 12.5. The summed E-state index contributed by atoms with van der Waals surface area (Å²) in [6.45, 7) is 4.13. The Morgan fingerprint density at radius 1 is 1.32 bits per heavy atom. The Kier molecular flexibility index (Phi) is 4.56. The minimum Gasteiger partial charge on any atom is -0.396 e. The number of alkyl halides is 3. The summed E-state index contributed by atoms with van der Waals surface area (Å²) >= 11 is 0. The third-order valence-corrected chi connectivity index (χ3v) is 2.57. The van der Waals surface area contributed by atoms with Gasteiger partial charge in [0.15, 0.2) is 5.69 Å². The zero-order valence-electron chi connectivity index (χ0n) is 10.8.